The van der Waals surface area contributed by atoms with Crippen molar-refractivity contribution in [2.24, 2.45) is 0 Å². The van der Waals surface area contributed by atoms with E-state index in [0.29, 0.717) is 24.7 Å². The van der Waals surface area contributed by atoms with Crippen molar-refractivity contribution in [1.29, 1.82) is 5.26 Å². The lowest BCUT2D eigenvalue weighted by molar-refractivity contribution is 0.122. The molecule has 1 fully saturated rings. The standard InChI is InChI=1S/C24H20N8O/c1-15-28-23-19(24-26-14-27-30-24)11-17(31-6-8-33-9-7-31)12-22(23)32(15)21-10-16(13-25)29-20-5-3-2-4-18(20)21/h2-5,10-12,14H,6-9H2,1H3,(H,26,27,30). The van der Waals surface area contributed by atoms with Crippen LogP contribution in [0.15, 0.2) is 48.8 Å². The Balaban J connectivity index is 1.68. The second-order valence-corrected chi connectivity index (χ2v) is 7.95. The van der Waals surface area contributed by atoms with E-state index in [2.05, 4.69) is 47.8 Å². The Kier molecular flexibility index (Phi) is 4.52. The highest BCUT2D eigenvalue weighted by Crippen LogP contribution is 2.35. The number of pyridine rings is 1. The molecule has 9 heteroatoms. The van der Waals surface area contributed by atoms with E-state index in [4.69, 9.17) is 9.72 Å². The number of rotatable bonds is 3. The Labute approximate surface area is 189 Å². The van der Waals surface area contributed by atoms with Crippen LogP contribution in [0, 0.1) is 18.3 Å². The number of ether oxygens (including phenoxy) is 1. The number of aryl methyl sites for hydroxylation is 1. The fraction of sp³-hybridized carbons (Fsp3) is 0.208. The van der Waals surface area contributed by atoms with E-state index in [1.54, 1.807) is 6.33 Å². The molecule has 2 aromatic carbocycles. The first-order valence-corrected chi connectivity index (χ1v) is 10.8. The lowest BCUT2D eigenvalue weighted by Gasteiger charge is -2.29. The van der Waals surface area contributed by atoms with E-state index in [9.17, 15) is 5.26 Å². The van der Waals surface area contributed by atoms with Crippen LogP contribution in [-0.4, -0.2) is 56.0 Å². The minimum Gasteiger partial charge on any atom is -0.378 e. The number of hydrogen-bond donors (Lipinski definition) is 1. The fourth-order valence-electron chi connectivity index (χ4n) is 4.50. The smallest absolute Gasteiger partial charge is 0.163 e. The summed E-state index contributed by atoms with van der Waals surface area (Å²) in [6.45, 7) is 4.97. The van der Waals surface area contributed by atoms with Gasteiger partial charge in [0.2, 0.25) is 0 Å². The molecular formula is C24H20N8O. The highest BCUT2D eigenvalue weighted by molar-refractivity contribution is 5.97. The quantitative estimate of drug-likeness (QED) is 0.462. The zero-order valence-corrected chi connectivity index (χ0v) is 18.0. The van der Waals surface area contributed by atoms with Crippen molar-refractivity contribution in [2.75, 3.05) is 31.2 Å². The normalized spacial score (nSPS) is 14.1. The van der Waals surface area contributed by atoms with E-state index >= 15 is 0 Å². The van der Waals surface area contributed by atoms with Gasteiger partial charge in [0.05, 0.1) is 29.9 Å². The summed E-state index contributed by atoms with van der Waals surface area (Å²) in [4.78, 5) is 14.8. The van der Waals surface area contributed by atoms with Gasteiger partial charge >= 0.3 is 0 Å². The zero-order chi connectivity index (χ0) is 22.4. The molecule has 1 aliphatic heterocycles. The minimum absolute atomic E-state index is 0.366. The molecule has 0 amide bonds. The van der Waals surface area contributed by atoms with Gasteiger partial charge in [-0.25, -0.2) is 9.97 Å². The molecule has 0 atom stereocenters. The Morgan fingerprint density at radius 2 is 1.94 bits per heavy atom. The van der Waals surface area contributed by atoms with E-state index in [0.717, 1.165) is 57.8 Å². The molecule has 0 bridgehead atoms. The van der Waals surface area contributed by atoms with Crippen molar-refractivity contribution < 1.29 is 4.74 Å². The average Bonchev–Trinajstić information content (AvgIpc) is 3.51. The summed E-state index contributed by atoms with van der Waals surface area (Å²) in [6.07, 6.45) is 1.57. The number of nitrogens with zero attached hydrogens (tertiary/aromatic N) is 7. The van der Waals surface area contributed by atoms with Gasteiger partial charge in [-0.3, -0.25) is 4.57 Å². The number of hydrogen-bond acceptors (Lipinski definition) is 7. The number of fused-ring (bicyclic) bond motifs is 2. The van der Waals surface area contributed by atoms with Gasteiger partial charge in [0, 0.05) is 29.7 Å². The van der Waals surface area contributed by atoms with Gasteiger partial charge in [-0.2, -0.15) is 5.26 Å². The first-order chi connectivity index (χ1) is 16.2. The van der Waals surface area contributed by atoms with Gasteiger partial charge in [-0.15, -0.1) is 10.2 Å². The van der Waals surface area contributed by atoms with Crippen molar-refractivity contribution in [2.45, 2.75) is 6.92 Å². The molecule has 0 aliphatic carbocycles. The first kappa shape index (κ1) is 19.4. The van der Waals surface area contributed by atoms with Gasteiger partial charge in [-0.1, -0.05) is 18.2 Å². The topological polar surface area (TPSA) is 109 Å². The second-order valence-electron chi connectivity index (χ2n) is 7.95. The Bertz CT molecular complexity index is 1520. The first-order valence-electron chi connectivity index (χ1n) is 10.8. The van der Waals surface area contributed by atoms with Gasteiger partial charge in [-0.05, 0) is 31.2 Å². The van der Waals surface area contributed by atoms with Crippen LogP contribution in [0.5, 0.6) is 0 Å². The number of H-pyrrole nitrogens is 1. The molecule has 3 aromatic heterocycles. The third-order valence-electron chi connectivity index (χ3n) is 6.01. The maximum atomic E-state index is 9.61. The Morgan fingerprint density at radius 3 is 2.73 bits per heavy atom. The summed E-state index contributed by atoms with van der Waals surface area (Å²) in [6, 6.07) is 16.1. The summed E-state index contributed by atoms with van der Waals surface area (Å²) in [7, 11) is 0. The number of morpholine rings is 1. The number of nitriles is 1. The number of aromatic nitrogens is 6. The summed E-state index contributed by atoms with van der Waals surface area (Å²) in [5, 5.41) is 18.8. The molecule has 5 aromatic rings. The molecule has 1 saturated heterocycles. The van der Waals surface area contributed by atoms with Crippen LogP contribution in [-0.2, 0) is 4.74 Å². The molecule has 0 radical (unpaired) electrons. The number of aromatic amines is 1. The monoisotopic (exact) mass is 436 g/mol. The molecule has 6 rings (SSSR count). The molecule has 0 spiro atoms. The van der Waals surface area contributed by atoms with Crippen LogP contribution in [0.25, 0.3) is 39.0 Å². The highest BCUT2D eigenvalue weighted by atomic mass is 16.5. The van der Waals surface area contributed by atoms with Crippen LogP contribution in [0.4, 0.5) is 5.69 Å². The van der Waals surface area contributed by atoms with Crippen LogP contribution in [0.3, 0.4) is 0 Å². The molecular weight excluding hydrogens is 416 g/mol. The lowest BCUT2D eigenvalue weighted by Crippen LogP contribution is -2.36. The molecule has 0 unspecified atom stereocenters. The van der Waals surface area contributed by atoms with Crippen molar-refractivity contribution in [3.63, 3.8) is 0 Å². The summed E-state index contributed by atoms with van der Waals surface area (Å²) in [5.41, 5.74) is 5.71. The van der Waals surface area contributed by atoms with E-state index in [1.165, 1.54) is 0 Å². The fourth-order valence-corrected chi connectivity index (χ4v) is 4.50. The van der Waals surface area contributed by atoms with Gasteiger partial charge in [0.1, 0.15) is 29.4 Å². The highest BCUT2D eigenvalue weighted by Gasteiger charge is 2.21. The van der Waals surface area contributed by atoms with E-state index < -0.39 is 0 Å². The largest absolute Gasteiger partial charge is 0.378 e. The van der Waals surface area contributed by atoms with Gasteiger partial charge in [0.15, 0.2) is 5.82 Å². The van der Waals surface area contributed by atoms with Crippen molar-refractivity contribution in [3.05, 3.63) is 60.3 Å². The molecule has 9 nitrogen and oxygen atoms in total. The van der Waals surface area contributed by atoms with Crippen molar-refractivity contribution in [3.8, 4) is 23.1 Å². The van der Waals surface area contributed by atoms with Crippen LogP contribution in [0.2, 0.25) is 0 Å². The number of para-hydroxylation sites is 1. The maximum Gasteiger partial charge on any atom is 0.163 e. The Hall–Kier alpha value is -4.29. The third-order valence-corrected chi connectivity index (χ3v) is 6.01. The van der Waals surface area contributed by atoms with Gasteiger partial charge in [0.25, 0.3) is 0 Å². The summed E-state index contributed by atoms with van der Waals surface area (Å²) in [5.74, 6) is 1.47. The molecule has 1 N–H and O–H groups in total. The van der Waals surface area contributed by atoms with Crippen molar-refractivity contribution in [1.82, 2.24) is 29.7 Å². The van der Waals surface area contributed by atoms with Gasteiger partial charge < -0.3 is 14.6 Å². The molecule has 0 saturated carbocycles. The maximum absolute atomic E-state index is 9.61. The Morgan fingerprint density at radius 1 is 1.09 bits per heavy atom. The molecule has 33 heavy (non-hydrogen) atoms. The van der Waals surface area contributed by atoms with E-state index in [1.807, 2.05) is 37.3 Å². The van der Waals surface area contributed by atoms with Crippen molar-refractivity contribution >= 4 is 27.6 Å². The SMILES string of the molecule is Cc1nc2c(-c3nnc[nH]3)cc(N3CCOCC3)cc2n1-c1cc(C#N)nc2ccccc12. The number of benzene rings is 2. The van der Waals surface area contributed by atoms with Crippen LogP contribution < -0.4 is 4.90 Å². The molecule has 4 heterocycles. The average molecular weight is 436 g/mol. The zero-order valence-electron chi connectivity index (χ0n) is 18.0. The predicted molar refractivity (Wildman–Crippen MR) is 124 cm³/mol. The lowest BCUT2D eigenvalue weighted by atomic mass is 10.1. The number of nitrogens with one attached hydrogen (secondary N) is 1. The number of anilines is 1. The molecule has 1 aliphatic rings. The summed E-state index contributed by atoms with van der Waals surface area (Å²) < 4.78 is 7.66. The third kappa shape index (κ3) is 3.20. The van der Waals surface area contributed by atoms with Crippen LogP contribution in [0.1, 0.15) is 11.5 Å². The second kappa shape index (κ2) is 7.69. The summed E-state index contributed by atoms with van der Waals surface area (Å²) >= 11 is 0. The van der Waals surface area contributed by atoms with E-state index in [-0.39, 0.29) is 0 Å². The molecule has 162 valence electrons. The minimum atomic E-state index is 0.366. The number of imidazole rings is 1. The van der Waals surface area contributed by atoms with Crippen LogP contribution >= 0.6 is 0 Å². The predicted octanol–water partition coefficient (Wildman–Crippen LogP) is 3.38.